The zero-order valence-corrected chi connectivity index (χ0v) is 11.1. The molecule has 1 unspecified atom stereocenters. The summed E-state index contributed by atoms with van der Waals surface area (Å²) in [4.78, 5) is 12.1. The highest BCUT2D eigenvalue weighted by Gasteiger charge is 2.19. The molecule has 0 saturated heterocycles. The number of amides is 1. The van der Waals surface area contributed by atoms with Crippen molar-refractivity contribution >= 4 is 5.91 Å². The Balaban J connectivity index is 2.06. The Bertz CT molecular complexity index is 543. The number of carbonyl (C=O) groups is 1. The summed E-state index contributed by atoms with van der Waals surface area (Å²) in [6, 6.07) is 17.3. The van der Waals surface area contributed by atoms with Crippen LogP contribution in [-0.2, 0) is 4.79 Å². The summed E-state index contributed by atoms with van der Waals surface area (Å²) < 4.78 is 0. The van der Waals surface area contributed by atoms with Gasteiger partial charge in [0.15, 0.2) is 0 Å². The van der Waals surface area contributed by atoms with Crippen molar-refractivity contribution in [3.63, 3.8) is 0 Å². The van der Waals surface area contributed by atoms with Crippen LogP contribution in [0, 0.1) is 0 Å². The molecule has 0 bridgehead atoms. The van der Waals surface area contributed by atoms with E-state index in [4.69, 9.17) is 5.73 Å². The lowest BCUT2D eigenvalue weighted by atomic mass is 10.0. The van der Waals surface area contributed by atoms with Crippen molar-refractivity contribution in [2.75, 3.05) is 6.61 Å². The van der Waals surface area contributed by atoms with Crippen molar-refractivity contribution in [2.24, 2.45) is 5.73 Å². The van der Waals surface area contributed by atoms with Gasteiger partial charge in [-0.3, -0.25) is 4.79 Å². The first-order valence-corrected chi connectivity index (χ1v) is 6.49. The van der Waals surface area contributed by atoms with Crippen molar-refractivity contribution < 1.29 is 9.90 Å². The zero-order valence-electron chi connectivity index (χ0n) is 11.1. The minimum atomic E-state index is -0.742. The van der Waals surface area contributed by atoms with Gasteiger partial charge in [-0.05, 0) is 11.1 Å². The molecule has 20 heavy (non-hydrogen) atoms. The molecule has 4 N–H and O–H groups in total. The quantitative estimate of drug-likeness (QED) is 0.771. The third kappa shape index (κ3) is 3.44. The molecule has 4 heteroatoms. The van der Waals surface area contributed by atoms with Gasteiger partial charge in [0.2, 0.25) is 5.91 Å². The first-order valence-electron chi connectivity index (χ1n) is 6.49. The van der Waals surface area contributed by atoms with Gasteiger partial charge < -0.3 is 16.2 Å². The van der Waals surface area contributed by atoms with Crippen LogP contribution in [0.3, 0.4) is 0 Å². The second-order valence-electron chi connectivity index (χ2n) is 4.54. The molecule has 2 rings (SSSR count). The minimum absolute atomic E-state index is 0.169. The number of hydrogen-bond acceptors (Lipinski definition) is 3. The smallest absolute Gasteiger partial charge is 0.242 e. The standard InChI is InChI=1S/C16H18N2O2/c17-15(13-9-5-2-6-10-13)16(20)18-14(11-19)12-7-3-1-4-8-12/h1-10,14-15,19H,11,17H2,(H,18,20)/t14-,15?/m1/s1. The third-order valence-corrected chi connectivity index (χ3v) is 3.14. The van der Waals surface area contributed by atoms with Crippen molar-refractivity contribution in [1.29, 1.82) is 0 Å². The molecular formula is C16H18N2O2. The van der Waals surface area contributed by atoms with E-state index in [0.29, 0.717) is 0 Å². The van der Waals surface area contributed by atoms with Crippen LogP contribution in [0.15, 0.2) is 60.7 Å². The van der Waals surface area contributed by atoms with Gasteiger partial charge >= 0.3 is 0 Å². The Morgan fingerprint density at radius 3 is 2.00 bits per heavy atom. The minimum Gasteiger partial charge on any atom is -0.394 e. The highest BCUT2D eigenvalue weighted by molar-refractivity contribution is 5.83. The predicted octanol–water partition coefficient (Wildman–Crippen LogP) is 1.54. The topological polar surface area (TPSA) is 75.4 Å². The summed E-state index contributed by atoms with van der Waals surface area (Å²) in [6.45, 7) is -0.169. The summed E-state index contributed by atoms with van der Waals surface area (Å²) in [7, 11) is 0. The molecule has 4 nitrogen and oxygen atoms in total. The maximum atomic E-state index is 12.1. The molecule has 2 aromatic carbocycles. The van der Waals surface area contributed by atoms with Crippen molar-refractivity contribution in [1.82, 2.24) is 5.32 Å². The van der Waals surface area contributed by atoms with Crippen LogP contribution in [0.4, 0.5) is 0 Å². The summed E-state index contributed by atoms with van der Waals surface area (Å²) in [5.41, 5.74) is 7.52. The molecule has 0 heterocycles. The number of hydrogen-bond donors (Lipinski definition) is 3. The van der Waals surface area contributed by atoms with E-state index in [9.17, 15) is 9.90 Å². The molecule has 0 aliphatic carbocycles. The van der Waals surface area contributed by atoms with E-state index in [1.54, 1.807) is 12.1 Å². The van der Waals surface area contributed by atoms with Crippen LogP contribution < -0.4 is 11.1 Å². The van der Waals surface area contributed by atoms with Crippen LogP contribution in [0.5, 0.6) is 0 Å². The lowest BCUT2D eigenvalue weighted by Crippen LogP contribution is -2.37. The number of carbonyl (C=O) groups excluding carboxylic acids is 1. The number of nitrogens with two attached hydrogens (primary N) is 1. The maximum absolute atomic E-state index is 12.1. The molecular weight excluding hydrogens is 252 g/mol. The van der Waals surface area contributed by atoms with Crippen LogP contribution in [0.25, 0.3) is 0 Å². The molecule has 104 valence electrons. The molecule has 0 aromatic heterocycles. The first kappa shape index (κ1) is 14.2. The highest BCUT2D eigenvalue weighted by atomic mass is 16.3. The maximum Gasteiger partial charge on any atom is 0.242 e. The van der Waals surface area contributed by atoms with E-state index in [0.717, 1.165) is 11.1 Å². The van der Waals surface area contributed by atoms with Gasteiger partial charge in [0, 0.05) is 0 Å². The molecule has 2 atom stereocenters. The summed E-state index contributed by atoms with van der Waals surface area (Å²) >= 11 is 0. The fraction of sp³-hybridized carbons (Fsp3) is 0.188. The molecule has 0 saturated carbocycles. The van der Waals surface area contributed by atoms with Gasteiger partial charge in [-0.25, -0.2) is 0 Å². The van der Waals surface area contributed by atoms with Gasteiger partial charge in [0.25, 0.3) is 0 Å². The number of rotatable bonds is 5. The molecule has 0 aliphatic rings. The van der Waals surface area contributed by atoms with Crippen LogP contribution in [-0.4, -0.2) is 17.6 Å². The highest BCUT2D eigenvalue weighted by Crippen LogP contribution is 2.15. The largest absolute Gasteiger partial charge is 0.394 e. The molecule has 0 spiro atoms. The molecule has 0 aliphatic heterocycles. The summed E-state index contributed by atoms with van der Waals surface area (Å²) in [6.07, 6.45) is 0. The van der Waals surface area contributed by atoms with Gasteiger partial charge in [-0.15, -0.1) is 0 Å². The number of benzene rings is 2. The number of aliphatic hydroxyl groups excluding tert-OH is 1. The lowest BCUT2D eigenvalue weighted by molar-refractivity contribution is -0.123. The number of aliphatic hydroxyl groups is 1. The van der Waals surface area contributed by atoms with E-state index in [-0.39, 0.29) is 12.5 Å². The Morgan fingerprint density at radius 2 is 1.50 bits per heavy atom. The zero-order chi connectivity index (χ0) is 14.4. The van der Waals surface area contributed by atoms with E-state index < -0.39 is 12.1 Å². The van der Waals surface area contributed by atoms with E-state index in [1.165, 1.54) is 0 Å². The molecule has 0 radical (unpaired) electrons. The Morgan fingerprint density at radius 1 is 1.00 bits per heavy atom. The Labute approximate surface area is 118 Å². The SMILES string of the molecule is NC(C(=O)N[C@H](CO)c1ccccc1)c1ccccc1. The fourth-order valence-electron chi connectivity index (χ4n) is 1.99. The Kier molecular flexibility index (Phi) is 4.87. The normalized spacial score (nSPS) is 13.5. The van der Waals surface area contributed by atoms with Crippen LogP contribution in [0.1, 0.15) is 23.2 Å². The third-order valence-electron chi connectivity index (χ3n) is 3.14. The predicted molar refractivity (Wildman–Crippen MR) is 77.8 cm³/mol. The molecule has 1 amide bonds. The molecule has 2 aromatic rings. The van der Waals surface area contributed by atoms with Crippen LogP contribution in [0.2, 0.25) is 0 Å². The second kappa shape index (κ2) is 6.84. The fourth-order valence-corrected chi connectivity index (χ4v) is 1.99. The van der Waals surface area contributed by atoms with Gasteiger partial charge in [-0.2, -0.15) is 0 Å². The average molecular weight is 270 g/mol. The summed E-state index contributed by atoms with van der Waals surface area (Å²) in [5, 5.41) is 12.2. The van der Waals surface area contributed by atoms with E-state index >= 15 is 0 Å². The summed E-state index contributed by atoms with van der Waals surface area (Å²) in [5.74, 6) is -0.306. The number of nitrogens with one attached hydrogen (secondary N) is 1. The van der Waals surface area contributed by atoms with Crippen molar-refractivity contribution in [3.8, 4) is 0 Å². The lowest BCUT2D eigenvalue weighted by Gasteiger charge is -2.19. The first-order chi connectivity index (χ1) is 9.72. The monoisotopic (exact) mass is 270 g/mol. The van der Waals surface area contributed by atoms with Crippen molar-refractivity contribution in [3.05, 3.63) is 71.8 Å². The molecule has 0 fully saturated rings. The average Bonchev–Trinajstić information content (AvgIpc) is 2.53. The Hall–Kier alpha value is -2.17. The second-order valence-corrected chi connectivity index (χ2v) is 4.54. The van der Waals surface area contributed by atoms with Gasteiger partial charge in [-0.1, -0.05) is 60.7 Å². The van der Waals surface area contributed by atoms with E-state index in [2.05, 4.69) is 5.32 Å². The van der Waals surface area contributed by atoms with Gasteiger partial charge in [0.05, 0.1) is 12.6 Å². The van der Waals surface area contributed by atoms with E-state index in [1.807, 2.05) is 48.5 Å². The van der Waals surface area contributed by atoms with Gasteiger partial charge in [0.1, 0.15) is 6.04 Å². The van der Waals surface area contributed by atoms with Crippen LogP contribution >= 0.6 is 0 Å². The van der Waals surface area contributed by atoms with Crippen molar-refractivity contribution in [2.45, 2.75) is 12.1 Å².